The third-order valence-corrected chi connectivity index (χ3v) is 4.05. The van der Waals surface area contributed by atoms with Crippen LogP contribution in [0.15, 0.2) is 35.3 Å². The molecule has 1 saturated heterocycles. The van der Waals surface area contributed by atoms with Crippen molar-refractivity contribution in [3.63, 3.8) is 0 Å². The van der Waals surface area contributed by atoms with Crippen LogP contribution in [0.25, 0.3) is 0 Å². The van der Waals surface area contributed by atoms with Gasteiger partial charge in [-0.2, -0.15) is 0 Å². The van der Waals surface area contributed by atoms with Gasteiger partial charge in [0.1, 0.15) is 0 Å². The monoisotopic (exact) mass is 315 g/mol. The first kappa shape index (κ1) is 17.7. The number of aliphatic imine (C=N–C) groups is 1. The molecule has 1 aromatic carbocycles. The van der Waals surface area contributed by atoms with Crippen molar-refractivity contribution in [1.82, 2.24) is 5.32 Å². The maximum Gasteiger partial charge on any atom is 0.230 e. The molecule has 2 N–H and O–H groups in total. The van der Waals surface area contributed by atoms with Gasteiger partial charge in [0.25, 0.3) is 0 Å². The van der Waals surface area contributed by atoms with Gasteiger partial charge in [0.2, 0.25) is 5.91 Å². The summed E-state index contributed by atoms with van der Waals surface area (Å²) in [4.78, 5) is 16.9. The van der Waals surface area contributed by atoms with Gasteiger partial charge in [0, 0.05) is 22.5 Å². The number of hydrogen-bond acceptors (Lipinski definition) is 3. The zero-order valence-electron chi connectivity index (χ0n) is 14.9. The second-order valence-corrected chi connectivity index (χ2v) is 7.91. The second kappa shape index (κ2) is 6.83. The van der Waals surface area contributed by atoms with E-state index in [0.717, 1.165) is 24.2 Å². The van der Waals surface area contributed by atoms with Crippen molar-refractivity contribution in [2.75, 3.05) is 5.32 Å². The molecule has 1 aliphatic heterocycles. The second-order valence-electron chi connectivity index (χ2n) is 7.91. The lowest BCUT2D eigenvalue weighted by atomic mass is 9.80. The minimum Gasteiger partial charge on any atom is -0.326 e. The average molecular weight is 315 g/mol. The van der Waals surface area contributed by atoms with Crippen LogP contribution in [0.1, 0.15) is 53.9 Å². The van der Waals surface area contributed by atoms with Crippen LogP contribution in [-0.4, -0.2) is 28.7 Å². The van der Waals surface area contributed by atoms with Gasteiger partial charge in [-0.3, -0.25) is 9.79 Å². The highest BCUT2D eigenvalue weighted by Crippen LogP contribution is 2.30. The van der Waals surface area contributed by atoms with Gasteiger partial charge in [-0.15, -0.1) is 0 Å². The van der Waals surface area contributed by atoms with Crippen molar-refractivity contribution >= 4 is 17.3 Å². The van der Waals surface area contributed by atoms with E-state index >= 15 is 0 Å². The minimum absolute atomic E-state index is 0.00935. The summed E-state index contributed by atoms with van der Waals surface area (Å²) in [5.74, 6) is -0.00935. The Bertz CT molecular complexity index is 560. The van der Waals surface area contributed by atoms with E-state index < -0.39 is 0 Å². The number of hydrogen-bond donors (Lipinski definition) is 2. The number of amides is 1. The Morgan fingerprint density at radius 1 is 1.17 bits per heavy atom. The fourth-order valence-electron chi connectivity index (χ4n) is 3.68. The van der Waals surface area contributed by atoms with E-state index in [1.54, 1.807) is 0 Å². The van der Waals surface area contributed by atoms with Gasteiger partial charge in [0.05, 0.1) is 12.5 Å². The van der Waals surface area contributed by atoms with Crippen molar-refractivity contribution in [3.05, 3.63) is 30.3 Å². The summed E-state index contributed by atoms with van der Waals surface area (Å²) in [6.07, 6.45) is 2.34. The predicted molar refractivity (Wildman–Crippen MR) is 97.1 cm³/mol. The number of carbonyl (C=O) groups is 1. The van der Waals surface area contributed by atoms with Crippen LogP contribution in [0, 0.1) is 0 Å². The normalized spacial score (nSPS) is 21.0. The Balaban J connectivity index is 1.95. The van der Waals surface area contributed by atoms with E-state index in [2.05, 4.69) is 38.3 Å². The summed E-state index contributed by atoms with van der Waals surface area (Å²) in [5.41, 5.74) is 1.87. The number of piperidine rings is 1. The van der Waals surface area contributed by atoms with Crippen LogP contribution >= 0.6 is 0 Å². The van der Waals surface area contributed by atoms with E-state index in [9.17, 15) is 4.79 Å². The maximum atomic E-state index is 12.1. The van der Waals surface area contributed by atoms with Gasteiger partial charge in [-0.25, -0.2) is 0 Å². The lowest BCUT2D eigenvalue weighted by Gasteiger charge is -2.45. The third-order valence-electron chi connectivity index (χ3n) is 4.05. The van der Waals surface area contributed by atoms with Gasteiger partial charge in [0.15, 0.2) is 0 Å². The number of rotatable bonds is 4. The Hall–Kier alpha value is -1.68. The molecule has 1 aromatic rings. The summed E-state index contributed by atoms with van der Waals surface area (Å²) in [5, 5.41) is 6.57. The predicted octanol–water partition coefficient (Wildman–Crippen LogP) is 3.79. The Labute approximate surface area is 139 Å². The van der Waals surface area contributed by atoms with Crippen LogP contribution in [0.2, 0.25) is 0 Å². The first-order valence-corrected chi connectivity index (χ1v) is 8.33. The Morgan fingerprint density at radius 2 is 1.74 bits per heavy atom. The zero-order valence-corrected chi connectivity index (χ0v) is 14.9. The average Bonchev–Trinajstić information content (AvgIpc) is 2.35. The summed E-state index contributed by atoms with van der Waals surface area (Å²) < 4.78 is 0. The molecule has 1 aliphatic rings. The van der Waals surface area contributed by atoms with Crippen LogP contribution in [0.4, 0.5) is 5.69 Å². The van der Waals surface area contributed by atoms with Crippen molar-refractivity contribution in [1.29, 1.82) is 0 Å². The highest BCUT2D eigenvalue weighted by molar-refractivity contribution is 6.05. The zero-order chi connectivity index (χ0) is 17.1. The van der Waals surface area contributed by atoms with E-state index in [1.165, 1.54) is 0 Å². The molecular formula is C19H29N3O. The number of nitrogens with zero attached hydrogens (tertiary/aromatic N) is 1. The molecule has 0 atom stereocenters. The van der Waals surface area contributed by atoms with Gasteiger partial charge in [-0.05, 0) is 59.6 Å². The first-order valence-electron chi connectivity index (χ1n) is 8.33. The van der Waals surface area contributed by atoms with Crippen molar-refractivity contribution in [2.45, 2.75) is 71.0 Å². The molecule has 0 unspecified atom stereocenters. The largest absolute Gasteiger partial charge is 0.326 e. The molecule has 4 nitrogen and oxygen atoms in total. The van der Waals surface area contributed by atoms with Crippen LogP contribution in [-0.2, 0) is 4.79 Å². The molecule has 23 heavy (non-hydrogen) atoms. The van der Waals surface area contributed by atoms with Gasteiger partial charge in [-0.1, -0.05) is 18.2 Å². The third kappa shape index (κ3) is 5.79. The topological polar surface area (TPSA) is 53.5 Å². The van der Waals surface area contributed by atoms with Crippen molar-refractivity contribution < 1.29 is 4.79 Å². The number of benzene rings is 1. The number of para-hydroxylation sites is 1. The summed E-state index contributed by atoms with van der Waals surface area (Å²) in [7, 11) is 0. The maximum absolute atomic E-state index is 12.1. The molecule has 4 heteroatoms. The van der Waals surface area contributed by atoms with Crippen molar-refractivity contribution in [3.8, 4) is 0 Å². The molecule has 1 fully saturated rings. The lowest BCUT2D eigenvalue weighted by molar-refractivity contribution is -0.115. The number of anilines is 1. The molecule has 0 bridgehead atoms. The molecule has 1 heterocycles. The van der Waals surface area contributed by atoms with E-state index in [-0.39, 0.29) is 23.0 Å². The summed E-state index contributed by atoms with van der Waals surface area (Å²) >= 11 is 0. The quantitative estimate of drug-likeness (QED) is 0.831. The summed E-state index contributed by atoms with van der Waals surface area (Å²) in [6.45, 7) is 10.8. The first-order chi connectivity index (χ1) is 10.7. The molecule has 0 radical (unpaired) electrons. The van der Waals surface area contributed by atoms with Crippen LogP contribution in [0.5, 0.6) is 0 Å². The van der Waals surface area contributed by atoms with Crippen LogP contribution in [0.3, 0.4) is 0 Å². The standard InChI is InChI=1S/C19H29N3O/c1-14(11-17(23)21-15-9-7-6-8-10-15)20-16-12-18(2,3)22-19(4,5)13-16/h6-10,16,22H,11-13H2,1-5H3,(H,21,23). The van der Waals surface area contributed by atoms with Gasteiger partial charge >= 0.3 is 0 Å². The molecule has 0 aliphatic carbocycles. The molecule has 0 spiro atoms. The van der Waals surface area contributed by atoms with E-state index in [1.807, 2.05) is 37.3 Å². The molecule has 0 aromatic heterocycles. The minimum atomic E-state index is -0.00935. The Kier molecular flexibility index (Phi) is 5.25. The molecular weight excluding hydrogens is 286 g/mol. The fourth-order valence-corrected chi connectivity index (χ4v) is 3.68. The molecule has 1 amide bonds. The lowest BCUT2D eigenvalue weighted by Crippen LogP contribution is -2.58. The number of nitrogens with one attached hydrogen (secondary N) is 2. The SMILES string of the molecule is CC(CC(=O)Nc1ccccc1)=NC1CC(C)(C)NC(C)(C)C1. The van der Waals surface area contributed by atoms with Gasteiger partial charge < -0.3 is 10.6 Å². The molecule has 126 valence electrons. The molecule has 0 saturated carbocycles. The molecule has 2 rings (SSSR count). The Morgan fingerprint density at radius 3 is 2.30 bits per heavy atom. The summed E-state index contributed by atoms with van der Waals surface area (Å²) in [6, 6.07) is 9.81. The number of carbonyl (C=O) groups excluding carboxylic acids is 1. The highest BCUT2D eigenvalue weighted by Gasteiger charge is 2.37. The fraction of sp³-hybridized carbons (Fsp3) is 0.579. The van der Waals surface area contributed by atoms with Crippen LogP contribution < -0.4 is 10.6 Å². The smallest absolute Gasteiger partial charge is 0.230 e. The highest BCUT2D eigenvalue weighted by atomic mass is 16.1. The van der Waals surface area contributed by atoms with E-state index in [0.29, 0.717) is 6.42 Å². The van der Waals surface area contributed by atoms with E-state index in [4.69, 9.17) is 4.99 Å². The van der Waals surface area contributed by atoms with Crippen molar-refractivity contribution in [2.24, 2.45) is 4.99 Å².